The smallest absolute Gasteiger partial charge is 0.226 e. The highest BCUT2D eigenvalue weighted by molar-refractivity contribution is 5.95. The summed E-state index contributed by atoms with van der Waals surface area (Å²) in [5.74, 6) is 1.27. The van der Waals surface area contributed by atoms with Gasteiger partial charge < -0.3 is 13.9 Å². The Morgan fingerprint density at radius 2 is 2.11 bits per heavy atom. The largest absolute Gasteiger partial charge is 0.493 e. The predicted molar refractivity (Wildman–Crippen MR) is 102 cm³/mol. The molecule has 0 saturated carbocycles. The number of halogens is 1. The topological polar surface area (TPSA) is 74.5 Å². The Bertz CT molecular complexity index is 955. The first-order valence-corrected chi connectivity index (χ1v) is 8.88. The van der Waals surface area contributed by atoms with Crippen LogP contribution in [-0.4, -0.2) is 36.1 Å². The Morgan fingerprint density at radius 3 is 2.86 bits per heavy atom. The first-order valence-electron chi connectivity index (χ1n) is 8.88. The molecule has 0 N–H and O–H groups in total. The molecule has 28 heavy (non-hydrogen) atoms. The van der Waals surface area contributed by atoms with Gasteiger partial charge in [-0.15, -0.1) is 0 Å². The summed E-state index contributed by atoms with van der Waals surface area (Å²) in [7, 11) is 1.51. The maximum absolute atomic E-state index is 12.4. The van der Waals surface area contributed by atoms with E-state index in [1.165, 1.54) is 13.4 Å². The van der Waals surface area contributed by atoms with Gasteiger partial charge in [-0.05, 0) is 36.8 Å². The Hall–Kier alpha value is -3.22. The quantitative estimate of drug-likeness (QED) is 0.514. The van der Waals surface area contributed by atoms with Gasteiger partial charge in [-0.25, -0.2) is 9.37 Å². The second kappa shape index (κ2) is 9.12. The number of ketones is 1. The first-order chi connectivity index (χ1) is 13.6. The number of hydrogen-bond donors (Lipinski definition) is 0. The van der Waals surface area contributed by atoms with Crippen LogP contribution >= 0.6 is 0 Å². The molecule has 3 aromatic rings. The van der Waals surface area contributed by atoms with Crippen molar-refractivity contribution in [3.63, 3.8) is 0 Å². The van der Waals surface area contributed by atoms with E-state index in [9.17, 15) is 9.18 Å². The minimum Gasteiger partial charge on any atom is -0.493 e. The molecule has 0 aliphatic rings. The number of rotatable bonds is 9. The standard InChI is InChI=1S/C21H21FN2O4/c1-14-4-3-10-23-20(14)17(25)7-6-16-13-28-21(24-16)15-5-8-18(26-2)19(12-15)27-11-9-22/h3-5,8,10,12-13H,6-7,9,11H2,1-2H3. The van der Waals surface area contributed by atoms with Crippen LogP contribution in [0.4, 0.5) is 4.39 Å². The molecule has 6 nitrogen and oxygen atoms in total. The molecule has 0 aliphatic heterocycles. The van der Waals surface area contributed by atoms with Crippen LogP contribution in [0.3, 0.4) is 0 Å². The van der Waals surface area contributed by atoms with Crippen molar-refractivity contribution in [1.29, 1.82) is 0 Å². The fourth-order valence-electron chi connectivity index (χ4n) is 2.76. The van der Waals surface area contributed by atoms with Gasteiger partial charge in [0, 0.05) is 24.6 Å². The van der Waals surface area contributed by atoms with Gasteiger partial charge in [0.05, 0.1) is 12.8 Å². The summed E-state index contributed by atoms with van der Waals surface area (Å²) in [5, 5.41) is 0. The number of oxazole rings is 1. The molecule has 2 aromatic heterocycles. The van der Waals surface area contributed by atoms with Crippen LogP contribution in [0, 0.1) is 6.92 Å². The van der Waals surface area contributed by atoms with E-state index >= 15 is 0 Å². The summed E-state index contributed by atoms with van der Waals surface area (Å²) < 4.78 is 28.5. The molecule has 0 aliphatic carbocycles. The van der Waals surface area contributed by atoms with Crippen molar-refractivity contribution in [2.24, 2.45) is 0 Å². The lowest BCUT2D eigenvalue weighted by Crippen LogP contribution is -2.06. The van der Waals surface area contributed by atoms with Crippen molar-refractivity contribution in [1.82, 2.24) is 9.97 Å². The molecule has 0 amide bonds. The van der Waals surface area contributed by atoms with Crippen molar-refractivity contribution < 1.29 is 23.1 Å². The van der Waals surface area contributed by atoms with Gasteiger partial charge in [0.25, 0.3) is 0 Å². The van der Waals surface area contributed by atoms with Crippen molar-refractivity contribution in [2.45, 2.75) is 19.8 Å². The zero-order valence-corrected chi connectivity index (χ0v) is 15.8. The number of alkyl halides is 1. The summed E-state index contributed by atoms with van der Waals surface area (Å²) in [6.45, 7) is 1.20. The monoisotopic (exact) mass is 384 g/mol. The number of hydrogen-bond acceptors (Lipinski definition) is 6. The molecule has 146 valence electrons. The van der Waals surface area contributed by atoms with E-state index in [1.54, 1.807) is 30.5 Å². The summed E-state index contributed by atoms with van der Waals surface area (Å²) in [6.07, 6.45) is 3.87. The third-order valence-corrected chi connectivity index (χ3v) is 4.18. The van der Waals surface area contributed by atoms with Crippen LogP contribution < -0.4 is 9.47 Å². The Kier molecular flexibility index (Phi) is 6.37. The molecule has 3 rings (SSSR count). The minimum atomic E-state index is -0.597. The third kappa shape index (κ3) is 4.54. The predicted octanol–water partition coefficient (Wildman–Crippen LogP) is 4.22. The van der Waals surface area contributed by atoms with E-state index < -0.39 is 6.67 Å². The van der Waals surface area contributed by atoms with Gasteiger partial charge >= 0.3 is 0 Å². The second-order valence-electron chi connectivity index (χ2n) is 6.14. The van der Waals surface area contributed by atoms with E-state index in [4.69, 9.17) is 13.9 Å². The summed E-state index contributed by atoms with van der Waals surface area (Å²) >= 11 is 0. The number of aryl methyl sites for hydroxylation is 2. The second-order valence-corrected chi connectivity index (χ2v) is 6.14. The van der Waals surface area contributed by atoms with Crippen LogP contribution in [0.25, 0.3) is 11.5 Å². The molecule has 2 heterocycles. The van der Waals surface area contributed by atoms with Gasteiger partial charge in [0.2, 0.25) is 5.89 Å². The van der Waals surface area contributed by atoms with Gasteiger partial charge in [-0.2, -0.15) is 0 Å². The van der Waals surface area contributed by atoms with Crippen molar-refractivity contribution in [2.75, 3.05) is 20.4 Å². The molecular formula is C21H21FN2O4. The Morgan fingerprint density at radius 1 is 1.25 bits per heavy atom. The van der Waals surface area contributed by atoms with Crippen LogP contribution in [-0.2, 0) is 6.42 Å². The highest BCUT2D eigenvalue weighted by atomic mass is 19.1. The SMILES string of the molecule is COc1ccc(-c2nc(CCC(=O)c3ncccc3C)co2)cc1OCCF. The number of nitrogens with zero attached hydrogens (tertiary/aromatic N) is 2. The lowest BCUT2D eigenvalue weighted by atomic mass is 10.1. The Balaban J connectivity index is 1.70. The summed E-state index contributed by atoms with van der Waals surface area (Å²) in [6, 6.07) is 8.84. The average molecular weight is 384 g/mol. The molecule has 1 aromatic carbocycles. The van der Waals surface area contributed by atoms with E-state index in [-0.39, 0.29) is 18.8 Å². The van der Waals surface area contributed by atoms with Crippen LogP contribution in [0.1, 0.15) is 28.2 Å². The molecular weight excluding hydrogens is 363 g/mol. The van der Waals surface area contributed by atoms with Crippen LogP contribution in [0.15, 0.2) is 47.2 Å². The highest BCUT2D eigenvalue weighted by Gasteiger charge is 2.14. The molecule has 0 unspecified atom stereocenters. The zero-order chi connectivity index (χ0) is 19.9. The first kappa shape index (κ1) is 19.5. The van der Waals surface area contributed by atoms with Gasteiger partial charge in [-0.1, -0.05) is 6.07 Å². The van der Waals surface area contributed by atoms with Gasteiger partial charge in [0.1, 0.15) is 25.2 Å². The average Bonchev–Trinajstić information content (AvgIpc) is 3.19. The molecule has 0 atom stereocenters. The molecule has 0 bridgehead atoms. The Labute approximate surface area is 162 Å². The lowest BCUT2D eigenvalue weighted by molar-refractivity contribution is 0.0977. The molecule has 0 radical (unpaired) electrons. The van der Waals surface area contributed by atoms with Crippen molar-refractivity contribution in [3.8, 4) is 23.0 Å². The van der Waals surface area contributed by atoms with Crippen molar-refractivity contribution in [3.05, 3.63) is 59.7 Å². The van der Waals surface area contributed by atoms with Gasteiger partial charge in [0.15, 0.2) is 17.3 Å². The van der Waals surface area contributed by atoms with E-state index in [2.05, 4.69) is 9.97 Å². The maximum atomic E-state index is 12.4. The highest BCUT2D eigenvalue weighted by Crippen LogP contribution is 2.32. The summed E-state index contributed by atoms with van der Waals surface area (Å²) in [5.41, 5.74) is 2.68. The third-order valence-electron chi connectivity index (χ3n) is 4.18. The number of aromatic nitrogens is 2. The zero-order valence-electron chi connectivity index (χ0n) is 15.8. The molecule has 0 fully saturated rings. The molecule has 0 spiro atoms. The van der Waals surface area contributed by atoms with E-state index in [1.807, 2.05) is 13.0 Å². The number of methoxy groups -OCH3 is 1. The number of carbonyl (C=O) groups excluding carboxylic acids is 1. The van der Waals surface area contributed by atoms with Crippen LogP contribution in [0.5, 0.6) is 11.5 Å². The fourth-order valence-corrected chi connectivity index (χ4v) is 2.76. The lowest BCUT2D eigenvalue weighted by Gasteiger charge is -2.10. The fraction of sp³-hybridized carbons (Fsp3) is 0.286. The molecule has 7 heteroatoms. The number of benzene rings is 1. The number of Topliss-reactive ketones (excluding diaryl/α,β-unsaturated/α-hetero) is 1. The molecule has 0 saturated heterocycles. The number of pyridine rings is 1. The normalized spacial score (nSPS) is 10.7. The number of ether oxygens (including phenoxy) is 2. The van der Waals surface area contributed by atoms with Gasteiger partial charge in [-0.3, -0.25) is 9.78 Å². The van der Waals surface area contributed by atoms with E-state index in [0.717, 1.165) is 5.56 Å². The van der Waals surface area contributed by atoms with E-state index in [0.29, 0.717) is 40.8 Å². The van der Waals surface area contributed by atoms with Crippen molar-refractivity contribution >= 4 is 5.78 Å². The number of carbonyl (C=O) groups is 1. The van der Waals surface area contributed by atoms with Crippen LogP contribution in [0.2, 0.25) is 0 Å². The maximum Gasteiger partial charge on any atom is 0.226 e. The minimum absolute atomic E-state index is 0.0333. The summed E-state index contributed by atoms with van der Waals surface area (Å²) in [4.78, 5) is 20.9.